The molecular weight excluding hydrogens is 354 g/mol. The molecule has 2 heterocycles. The molecule has 0 radical (unpaired) electrons. The van der Waals surface area contributed by atoms with E-state index in [1.807, 2.05) is 28.8 Å². The summed E-state index contributed by atoms with van der Waals surface area (Å²) in [5.41, 5.74) is 2.70. The van der Waals surface area contributed by atoms with E-state index >= 15 is 0 Å². The molecule has 1 aromatic carbocycles. The molecule has 0 aliphatic heterocycles. The van der Waals surface area contributed by atoms with Crippen LogP contribution >= 0.6 is 0 Å². The second-order valence-electron chi connectivity index (χ2n) is 6.69. The zero-order valence-electron chi connectivity index (χ0n) is 17.3. The standard InChI is InChI=1S/C21H29N5O2/c1-6-12-25(13-7-2)21-15(3)20(24-19-10-11-22-26(19)21)23-17-9-8-16(27-4)14-18(17)28-5/h8-11,14H,6-7,12-13H2,1-5H3,(H,23,24). The highest BCUT2D eigenvalue weighted by Gasteiger charge is 2.19. The van der Waals surface area contributed by atoms with Gasteiger partial charge in [-0.15, -0.1) is 0 Å². The zero-order chi connectivity index (χ0) is 20.1. The Hall–Kier alpha value is -2.96. The van der Waals surface area contributed by atoms with Crippen molar-refractivity contribution in [2.45, 2.75) is 33.6 Å². The molecule has 0 atom stereocenters. The molecule has 1 N–H and O–H groups in total. The quantitative estimate of drug-likeness (QED) is 0.590. The molecule has 7 nitrogen and oxygen atoms in total. The molecule has 0 saturated carbocycles. The van der Waals surface area contributed by atoms with Crippen LogP contribution in [0.25, 0.3) is 5.65 Å². The number of methoxy groups -OCH3 is 2. The van der Waals surface area contributed by atoms with E-state index < -0.39 is 0 Å². The number of anilines is 3. The minimum Gasteiger partial charge on any atom is -0.497 e. The van der Waals surface area contributed by atoms with Crippen molar-refractivity contribution in [2.75, 3.05) is 37.5 Å². The fourth-order valence-electron chi connectivity index (χ4n) is 3.39. The van der Waals surface area contributed by atoms with Gasteiger partial charge >= 0.3 is 0 Å². The number of rotatable bonds is 9. The first kappa shape index (κ1) is 19.8. The monoisotopic (exact) mass is 383 g/mol. The van der Waals surface area contributed by atoms with Crippen LogP contribution in [-0.2, 0) is 0 Å². The molecule has 0 bridgehead atoms. The lowest BCUT2D eigenvalue weighted by molar-refractivity contribution is 0.395. The summed E-state index contributed by atoms with van der Waals surface area (Å²) in [6, 6.07) is 7.62. The minimum atomic E-state index is 0.703. The third kappa shape index (κ3) is 3.83. The number of aromatic nitrogens is 3. The molecule has 0 unspecified atom stereocenters. The van der Waals surface area contributed by atoms with Crippen molar-refractivity contribution >= 4 is 23.0 Å². The highest BCUT2D eigenvalue weighted by molar-refractivity contribution is 5.72. The van der Waals surface area contributed by atoms with E-state index in [2.05, 4.69) is 36.1 Å². The second kappa shape index (κ2) is 8.82. The van der Waals surface area contributed by atoms with Crippen LogP contribution in [0.4, 0.5) is 17.3 Å². The molecule has 0 aliphatic carbocycles. The van der Waals surface area contributed by atoms with E-state index in [4.69, 9.17) is 14.5 Å². The lowest BCUT2D eigenvalue weighted by Crippen LogP contribution is -2.28. The van der Waals surface area contributed by atoms with Gasteiger partial charge in [0.1, 0.15) is 23.1 Å². The van der Waals surface area contributed by atoms with E-state index in [1.165, 1.54) is 0 Å². The smallest absolute Gasteiger partial charge is 0.159 e. The zero-order valence-corrected chi connectivity index (χ0v) is 17.3. The summed E-state index contributed by atoms with van der Waals surface area (Å²) in [5.74, 6) is 3.32. The Morgan fingerprint density at radius 2 is 1.82 bits per heavy atom. The molecule has 28 heavy (non-hydrogen) atoms. The normalized spacial score (nSPS) is 10.9. The van der Waals surface area contributed by atoms with Crippen molar-refractivity contribution in [3.8, 4) is 11.5 Å². The Kier molecular flexibility index (Phi) is 6.23. The van der Waals surface area contributed by atoms with Gasteiger partial charge < -0.3 is 19.7 Å². The minimum absolute atomic E-state index is 0.703. The van der Waals surface area contributed by atoms with Crippen LogP contribution in [0.3, 0.4) is 0 Å². The highest BCUT2D eigenvalue weighted by atomic mass is 16.5. The Balaban J connectivity index is 2.08. The first-order valence-corrected chi connectivity index (χ1v) is 9.71. The molecule has 0 aliphatic rings. The van der Waals surface area contributed by atoms with E-state index in [0.29, 0.717) is 5.75 Å². The summed E-state index contributed by atoms with van der Waals surface area (Å²) < 4.78 is 12.8. The maximum Gasteiger partial charge on any atom is 0.159 e. The summed E-state index contributed by atoms with van der Waals surface area (Å²) in [5, 5.41) is 7.96. The summed E-state index contributed by atoms with van der Waals surface area (Å²) in [7, 11) is 3.29. The van der Waals surface area contributed by atoms with Gasteiger partial charge in [-0.05, 0) is 31.9 Å². The molecule has 0 amide bonds. The van der Waals surface area contributed by atoms with Crippen molar-refractivity contribution in [3.05, 3.63) is 36.0 Å². The Morgan fingerprint density at radius 1 is 1.07 bits per heavy atom. The van der Waals surface area contributed by atoms with Crippen LogP contribution in [0.15, 0.2) is 30.5 Å². The predicted octanol–water partition coefficient (Wildman–Crippen LogP) is 4.42. The van der Waals surface area contributed by atoms with Crippen LogP contribution in [0, 0.1) is 6.92 Å². The van der Waals surface area contributed by atoms with Gasteiger partial charge in [0.05, 0.1) is 26.1 Å². The average molecular weight is 383 g/mol. The van der Waals surface area contributed by atoms with Gasteiger partial charge in [0.15, 0.2) is 5.65 Å². The molecule has 3 rings (SSSR count). The third-order valence-corrected chi connectivity index (χ3v) is 4.69. The van der Waals surface area contributed by atoms with Crippen molar-refractivity contribution in [1.29, 1.82) is 0 Å². The number of hydrogen-bond acceptors (Lipinski definition) is 6. The topological polar surface area (TPSA) is 63.9 Å². The molecular formula is C21H29N5O2. The van der Waals surface area contributed by atoms with Crippen LogP contribution in [0.2, 0.25) is 0 Å². The van der Waals surface area contributed by atoms with Gasteiger partial charge in [0.2, 0.25) is 0 Å². The maximum atomic E-state index is 5.53. The first-order chi connectivity index (χ1) is 13.6. The number of ether oxygens (including phenoxy) is 2. The Morgan fingerprint density at radius 3 is 2.46 bits per heavy atom. The third-order valence-electron chi connectivity index (χ3n) is 4.69. The van der Waals surface area contributed by atoms with Crippen molar-refractivity contribution in [2.24, 2.45) is 0 Å². The van der Waals surface area contributed by atoms with Crippen molar-refractivity contribution in [3.63, 3.8) is 0 Å². The number of benzene rings is 1. The molecule has 7 heteroatoms. The highest BCUT2D eigenvalue weighted by Crippen LogP contribution is 2.34. The number of nitrogens with one attached hydrogen (secondary N) is 1. The molecule has 3 aromatic rings. The first-order valence-electron chi connectivity index (χ1n) is 9.71. The Bertz CT molecular complexity index is 932. The van der Waals surface area contributed by atoms with E-state index in [1.54, 1.807) is 20.4 Å². The average Bonchev–Trinajstić information content (AvgIpc) is 3.16. The summed E-state index contributed by atoms with van der Waals surface area (Å²) in [4.78, 5) is 7.17. The molecule has 0 saturated heterocycles. The lowest BCUT2D eigenvalue weighted by atomic mass is 10.2. The Labute approximate surface area is 166 Å². The summed E-state index contributed by atoms with van der Waals surface area (Å²) >= 11 is 0. The SMILES string of the molecule is CCCN(CCC)c1c(C)c(Nc2ccc(OC)cc2OC)nc2ccnn12. The molecule has 0 spiro atoms. The van der Waals surface area contributed by atoms with Gasteiger partial charge in [-0.3, -0.25) is 0 Å². The number of nitrogens with zero attached hydrogens (tertiary/aromatic N) is 4. The fourth-order valence-corrected chi connectivity index (χ4v) is 3.39. The van der Waals surface area contributed by atoms with E-state index in [9.17, 15) is 0 Å². The largest absolute Gasteiger partial charge is 0.497 e. The molecule has 150 valence electrons. The van der Waals surface area contributed by atoms with Crippen molar-refractivity contribution < 1.29 is 9.47 Å². The van der Waals surface area contributed by atoms with Crippen LogP contribution in [0.1, 0.15) is 32.3 Å². The fraction of sp³-hybridized carbons (Fsp3) is 0.429. The van der Waals surface area contributed by atoms with E-state index in [-0.39, 0.29) is 0 Å². The van der Waals surface area contributed by atoms with Gasteiger partial charge in [-0.1, -0.05) is 13.8 Å². The van der Waals surface area contributed by atoms with Crippen molar-refractivity contribution in [1.82, 2.24) is 14.6 Å². The van der Waals surface area contributed by atoms with Gasteiger partial charge in [-0.2, -0.15) is 9.61 Å². The lowest BCUT2D eigenvalue weighted by Gasteiger charge is -2.27. The molecule has 0 fully saturated rings. The van der Waals surface area contributed by atoms with Gasteiger partial charge in [-0.25, -0.2) is 4.98 Å². The van der Waals surface area contributed by atoms with Crippen LogP contribution in [0.5, 0.6) is 11.5 Å². The van der Waals surface area contributed by atoms with Gasteiger partial charge in [0, 0.05) is 30.8 Å². The summed E-state index contributed by atoms with van der Waals surface area (Å²) in [6.45, 7) is 8.42. The molecule has 2 aromatic heterocycles. The summed E-state index contributed by atoms with van der Waals surface area (Å²) in [6.07, 6.45) is 3.93. The van der Waals surface area contributed by atoms with Gasteiger partial charge in [0.25, 0.3) is 0 Å². The maximum absolute atomic E-state index is 5.53. The number of hydrogen-bond donors (Lipinski definition) is 1. The second-order valence-corrected chi connectivity index (χ2v) is 6.69. The number of fused-ring (bicyclic) bond motifs is 1. The van der Waals surface area contributed by atoms with Crippen LogP contribution < -0.4 is 19.7 Å². The predicted molar refractivity (Wildman–Crippen MR) is 113 cm³/mol. The van der Waals surface area contributed by atoms with E-state index in [0.717, 1.165) is 60.2 Å². The van der Waals surface area contributed by atoms with Crippen LogP contribution in [-0.4, -0.2) is 41.9 Å².